The minimum absolute atomic E-state index is 0.577. The number of para-hydroxylation sites is 1. The van der Waals surface area contributed by atoms with Crippen LogP contribution >= 0.6 is 0 Å². The molecule has 1 fully saturated rings. The van der Waals surface area contributed by atoms with Crippen molar-refractivity contribution < 1.29 is 4.74 Å². The van der Waals surface area contributed by atoms with Crippen LogP contribution in [-0.2, 0) is 0 Å². The van der Waals surface area contributed by atoms with Gasteiger partial charge in [-0.25, -0.2) is 0 Å². The highest BCUT2D eigenvalue weighted by atomic mass is 16.5. The fraction of sp³-hybridized carbons (Fsp3) is 0.471. The molecule has 0 spiro atoms. The van der Waals surface area contributed by atoms with Gasteiger partial charge in [-0.3, -0.25) is 9.89 Å². The highest BCUT2D eigenvalue weighted by Crippen LogP contribution is 2.39. The molecular weight excluding hydrogens is 276 g/mol. The molecule has 0 unspecified atom stereocenters. The van der Waals surface area contributed by atoms with Gasteiger partial charge in [-0.05, 0) is 24.6 Å². The van der Waals surface area contributed by atoms with Gasteiger partial charge in [0, 0.05) is 46.0 Å². The smallest absolute Gasteiger partial charge is 0.168 e. The van der Waals surface area contributed by atoms with Crippen LogP contribution in [0.3, 0.4) is 0 Å². The van der Waals surface area contributed by atoms with Gasteiger partial charge >= 0.3 is 0 Å². The molecule has 0 atom stereocenters. The lowest BCUT2D eigenvalue weighted by molar-refractivity contribution is 0.280. The van der Waals surface area contributed by atoms with E-state index in [9.17, 15) is 0 Å². The van der Waals surface area contributed by atoms with E-state index >= 15 is 0 Å². The second kappa shape index (κ2) is 6.83. The molecule has 2 aliphatic rings. The third kappa shape index (κ3) is 3.09. The predicted octanol–water partition coefficient (Wildman–Crippen LogP) is 2.22. The Morgan fingerprint density at radius 1 is 1.32 bits per heavy atom. The van der Waals surface area contributed by atoms with Crippen LogP contribution in [0.5, 0.6) is 5.75 Å². The summed E-state index contributed by atoms with van der Waals surface area (Å²) >= 11 is 0. The number of allylic oxidation sites excluding steroid dienone is 1. The summed E-state index contributed by atoms with van der Waals surface area (Å²) in [5.74, 6) is 1.00. The molecule has 5 heteroatoms. The molecule has 0 aromatic heterocycles. The quantitative estimate of drug-likeness (QED) is 0.866. The summed E-state index contributed by atoms with van der Waals surface area (Å²) in [5, 5.41) is 3.25. The minimum atomic E-state index is 0.577. The third-order valence-corrected chi connectivity index (χ3v) is 4.26. The van der Waals surface area contributed by atoms with Crippen molar-refractivity contribution in [2.45, 2.75) is 6.92 Å². The lowest BCUT2D eigenvalue weighted by Crippen LogP contribution is -2.47. The number of fused-ring (bicyclic) bond motifs is 1. The normalized spacial score (nSPS) is 19.2. The molecule has 5 nitrogen and oxygen atoms in total. The topological polar surface area (TPSA) is 40.1 Å². The van der Waals surface area contributed by atoms with Gasteiger partial charge in [-0.1, -0.05) is 12.1 Å². The number of benzene rings is 1. The maximum Gasteiger partial charge on any atom is 0.168 e. The van der Waals surface area contributed by atoms with Gasteiger partial charge in [0.15, 0.2) is 12.5 Å². The van der Waals surface area contributed by atoms with E-state index in [2.05, 4.69) is 51.3 Å². The average Bonchev–Trinajstić information content (AvgIpc) is 3.04. The number of aliphatic imine (C=N–C) groups is 1. The number of nitrogens with zero attached hydrogens (tertiary/aromatic N) is 3. The van der Waals surface area contributed by atoms with Crippen LogP contribution in [0.2, 0.25) is 0 Å². The Kier molecular flexibility index (Phi) is 4.63. The summed E-state index contributed by atoms with van der Waals surface area (Å²) in [5.41, 5.74) is 3.60. The molecule has 1 N–H and O–H groups in total. The summed E-state index contributed by atoms with van der Waals surface area (Å²) in [4.78, 5) is 9.02. The van der Waals surface area contributed by atoms with E-state index < -0.39 is 0 Å². The Bertz CT molecular complexity index is 574. The average molecular weight is 300 g/mol. The molecule has 0 radical (unpaired) electrons. The van der Waals surface area contributed by atoms with Crippen LogP contribution in [0.1, 0.15) is 6.92 Å². The monoisotopic (exact) mass is 300 g/mol. The molecular formula is C17H24N4O. The van der Waals surface area contributed by atoms with Gasteiger partial charge in [-0.2, -0.15) is 0 Å². The van der Waals surface area contributed by atoms with Crippen LogP contribution in [0, 0.1) is 0 Å². The van der Waals surface area contributed by atoms with Gasteiger partial charge in [0.05, 0.1) is 11.4 Å². The van der Waals surface area contributed by atoms with Crippen LogP contribution in [0.4, 0.5) is 11.4 Å². The first-order valence-corrected chi connectivity index (χ1v) is 7.86. The van der Waals surface area contributed by atoms with E-state index in [0.29, 0.717) is 6.73 Å². The molecule has 118 valence electrons. The van der Waals surface area contributed by atoms with Gasteiger partial charge in [0.2, 0.25) is 0 Å². The van der Waals surface area contributed by atoms with E-state index in [1.807, 2.05) is 13.3 Å². The zero-order chi connectivity index (χ0) is 15.4. The minimum Gasteiger partial charge on any atom is -0.469 e. The second-order valence-electron chi connectivity index (χ2n) is 5.63. The summed E-state index contributed by atoms with van der Waals surface area (Å²) < 4.78 is 5.73. The lowest BCUT2D eigenvalue weighted by atomic mass is 10.2. The summed E-state index contributed by atoms with van der Waals surface area (Å²) in [7, 11) is 1.82. The largest absolute Gasteiger partial charge is 0.469 e. The van der Waals surface area contributed by atoms with Crippen LogP contribution < -0.4 is 15.0 Å². The Hall–Kier alpha value is -2.01. The number of anilines is 2. The Balaban J connectivity index is 1.62. The first kappa shape index (κ1) is 14.9. The SMILES string of the molecule is C/C=C(\C=NC)CN1CCN(c2cccc3c2OCN3)CC1. The molecule has 3 rings (SSSR count). The fourth-order valence-electron chi connectivity index (χ4n) is 3.03. The van der Waals surface area contributed by atoms with Crippen molar-refractivity contribution >= 4 is 17.6 Å². The standard InChI is InChI=1S/C17H24N4O/c1-3-14(11-18-2)12-20-7-9-21(10-8-20)16-6-4-5-15-17(16)22-13-19-15/h3-6,11,19H,7-10,12-13H2,1-2H3/b14-3+,18-11?. The summed E-state index contributed by atoms with van der Waals surface area (Å²) in [6.07, 6.45) is 4.10. The lowest BCUT2D eigenvalue weighted by Gasteiger charge is -2.36. The molecule has 0 saturated carbocycles. The van der Waals surface area contributed by atoms with Gasteiger partial charge in [-0.15, -0.1) is 0 Å². The molecule has 2 aliphatic heterocycles. The van der Waals surface area contributed by atoms with Gasteiger partial charge in [0.25, 0.3) is 0 Å². The zero-order valence-corrected chi connectivity index (χ0v) is 13.4. The maximum atomic E-state index is 5.73. The van der Waals surface area contributed by atoms with Crippen LogP contribution in [0.15, 0.2) is 34.8 Å². The Morgan fingerprint density at radius 3 is 2.86 bits per heavy atom. The van der Waals surface area contributed by atoms with Gasteiger partial charge < -0.3 is 15.0 Å². The molecule has 22 heavy (non-hydrogen) atoms. The first-order valence-electron chi connectivity index (χ1n) is 7.86. The number of ether oxygens (including phenoxy) is 1. The van der Waals surface area contributed by atoms with E-state index in [0.717, 1.165) is 44.2 Å². The van der Waals surface area contributed by atoms with E-state index in [1.54, 1.807) is 0 Å². The second-order valence-corrected chi connectivity index (χ2v) is 5.63. The predicted molar refractivity (Wildman–Crippen MR) is 92.4 cm³/mol. The molecule has 1 aromatic rings. The van der Waals surface area contributed by atoms with Crippen molar-refractivity contribution in [1.29, 1.82) is 0 Å². The Morgan fingerprint density at radius 2 is 2.14 bits per heavy atom. The van der Waals surface area contributed by atoms with Gasteiger partial charge in [0.1, 0.15) is 0 Å². The van der Waals surface area contributed by atoms with Crippen molar-refractivity contribution in [1.82, 2.24) is 4.90 Å². The number of piperazine rings is 1. The van der Waals surface area contributed by atoms with Crippen LogP contribution in [-0.4, -0.2) is 57.6 Å². The highest BCUT2D eigenvalue weighted by molar-refractivity contribution is 5.78. The van der Waals surface area contributed by atoms with Crippen molar-refractivity contribution in [2.75, 3.05) is 56.7 Å². The molecule has 1 aromatic carbocycles. The van der Waals surface area contributed by atoms with Crippen LogP contribution in [0.25, 0.3) is 0 Å². The number of nitrogens with one attached hydrogen (secondary N) is 1. The zero-order valence-electron chi connectivity index (χ0n) is 13.4. The number of hydrogen-bond acceptors (Lipinski definition) is 5. The Labute approximate surface area is 132 Å². The summed E-state index contributed by atoms with van der Waals surface area (Å²) in [6, 6.07) is 6.32. The van der Waals surface area contributed by atoms with E-state index in [-0.39, 0.29) is 0 Å². The van der Waals surface area contributed by atoms with E-state index in [1.165, 1.54) is 11.3 Å². The molecule has 1 saturated heterocycles. The molecule has 0 bridgehead atoms. The van der Waals surface area contributed by atoms with Crippen molar-refractivity contribution in [3.63, 3.8) is 0 Å². The number of hydrogen-bond donors (Lipinski definition) is 1. The summed E-state index contributed by atoms with van der Waals surface area (Å²) in [6.45, 7) is 7.81. The highest BCUT2D eigenvalue weighted by Gasteiger charge is 2.23. The number of rotatable bonds is 4. The molecule has 0 aliphatic carbocycles. The third-order valence-electron chi connectivity index (χ3n) is 4.26. The van der Waals surface area contributed by atoms with Crippen molar-refractivity contribution in [3.8, 4) is 5.75 Å². The van der Waals surface area contributed by atoms with Crippen molar-refractivity contribution in [2.24, 2.45) is 4.99 Å². The fourth-order valence-corrected chi connectivity index (χ4v) is 3.03. The molecule has 0 amide bonds. The maximum absolute atomic E-state index is 5.73. The first-order chi connectivity index (χ1) is 10.8. The van der Waals surface area contributed by atoms with E-state index in [4.69, 9.17) is 4.74 Å². The van der Waals surface area contributed by atoms with Crippen molar-refractivity contribution in [3.05, 3.63) is 29.8 Å². The molecule has 2 heterocycles.